The first-order valence-electron chi connectivity index (χ1n) is 10.3. The van der Waals surface area contributed by atoms with E-state index in [2.05, 4.69) is 15.1 Å². The topological polar surface area (TPSA) is 132 Å². The molecule has 12 heteroatoms. The number of hydrogen-bond acceptors (Lipinski definition) is 9. The highest BCUT2D eigenvalue weighted by Gasteiger charge is 2.33. The summed E-state index contributed by atoms with van der Waals surface area (Å²) in [5.41, 5.74) is 0.435. The lowest BCUT2D eigenvalue weighted by Crippen LogP contribution is -2.49. The third-order valence-corrected chi connectivity index (χ3v) is 7.52. The number of nitrogens with zero attached hydrogens (tertiary/aromatic N) is 5. The van der Waals surface area contributed by atoms with Gasteiger partial charge in [0.2, 0.25) is 21.8 Å². The molecule has 1 unspecified atom stereocenters. The summed E-state index contributed by atoms with van der Waals surface area (Å²) < 4.78 is 38.3. The van der Waals surface area contributed by atoms with Gasteiger partial charge in [-0.2, -0.15) is 4.31 Å². The standard InChI is InChI=1S/C21H23N5O6S/c1-15(20-22-23-21(32-20)16-6-4-3-5-7-16)24-10-12-25(13-11-24)33(29,30)17-8-9-19(31-2)18(14-17)26(27)28/h3-9,14-15H,10-13H2,1-2H3. The molecule has 11 nitrogen and oxygen atoms in total. The normalized spacial score (nSPS) is 16.4. The van der Waals surface area contributed by atoms with E-state index >= 15 is 0 Å². The maximum atomic E-state index is 13.1. The number of methoxy groups -OCH3 is 1. The van der Waals surface area contributed by atoms with Crippen LogP contribution in [0.5, 0.6) is 5.75 Å². The lowest BCUT2D eigenvalue weighted by molar-refractivity contribution is -0.386. The minimum Gasteiger partial charge on any atom is -0.490 e. The fraction of sp³-hybridized carbons (Fsp3) is 0.333. The van der Waals surface area contributed by atoms with E-state index < -0.39 is 20.6 Å². The molecule has 1 fully saturated rings. The van der Waals surface area contributed by atoms with Gasteiger partial charge in [-0.15, -0.1) is 10.2 Å². The van der Waals surface area contributed by atoms with Crippen LogP contribution < -0.4 is 4.74 Å². The zero-order valence-electron chi connectivity index (χ0n) is 18.1. The third-order valence-electron chi connectivity index (χ3n) is 5.62. The van der Waals surface area contributed by atoms with Gasteiger partial charge in [-0.05, 0) is 31.2 Å². The highest BCUT2D eigenvalue weighted by Crippen LogP contribution is 2.31. The van der Waals surface area contributed by atoms with E-state index in [1.54, 1.807) is 0 Å². The average molecular weight is 474 g/mol. The highest BCUT2D eigenvalue weighted by atomic mass is 32.2. The molecular weight excluding hydrogens is 450 g/mol. The van der Waals surface area contributed by atoms with Crippen LogP contribution in [-0.2, 0) is 10.0 Å². The minimum absolute atomic E-state index is 0.00650. The van der Waals surface area contributed by atoms with Crippen molar-refractivity contribution >= 4 is 15.7 Å². The molecule has 33 heavy (non-hydrogen) atoms. The Morgan fingerprint density at radius 2 is 1.79 bits per heavy atom. The van der Waals surface area contributed by atoms with Crippen LogP contribution in [0.2, 0.25) is 0 Å². The maximum absolute atomic E-state index is 13.1. The highest BCUT2D eigenvalue weighted by molar-refractivity contribution is 7.89. The maximum Gasteiger partial charge on any atom is 0.312 e. The van der Waals surface area contributed by atoms with E-state index in [0.717, 1.165) is 11.6 Å². The summed E-state index contributed by atoms with van der Waals surface area (Å²) in [5, 5.41) is 19.5. The van der Waals surface area contributed by atoms with Gasteiger partial charge < -0.3 is 9.15 Å². The van der Waals surface area contributed by atoms with Crippen molar-refractivity contribution < 1.29 is 22.5 Å². The van der Waals surface area contributed by atoms with E-state index in [0.29, 0.717) is 24.9 Å². The van der Waals surface area contributed by atoms with Crippen molar-refractivity contribution in [1.82, 2.24) is 19.4 Å². The summed E-state index contributed by atoms with van der Waals surface area (Å²) in [7, 11) is -2.60. The van der Waals surface area contributed by atoms with Gasteiger partial charge >= 0.3 is 5.69 Å². The SMILES string of the molecule is COc1ccc(S(=O)(=O)N2CCN(C(C)c3nnc(-c4ccccc4)o3)CC2)cc1[N+](=O)[O-]. The third kappa shape index (κ3) is 4.58. The number of hydrogen-bond donors (Lipinski definition) is 0. The summed E-state index contributed by atoms with van der Waals surface area (Å²) in [5.74, 6) is 0.891. The van der Waals surface area contributed by atoms with E-state index in [-0.39, 0.29) is 29.8 Å². The van der Waals surface area contributed by atoms with Gasteiger partial charge in [0.15, 0.2) is 5.75 Å². The van der Waals surface area contributed by atoms with Crippen LogP contribution in [0.25, 0.3) is 11.5 Å². The van der Waals surface area contributed by atoms with Crippen molar-refractivity contribution in [2.24, 2.45) is 0 Å². The van der Waals surface area contributed by atoms with Crippen molar-refractivity contribution in [3.63, 3.8) is 0 Å². The molecule has 1 aliphatic rings. The summed E-state index contributed by atoms with van der Waals surface area (Å²) >= 11 is 0. The molecule has 0 radical (unpaired) electrons. The Balaban J connectivity index is 1.45. The fourth-order valence-corrected chi connectivity index (χ4v) is 5.15. The first-order chi connectivity index (χ1) is 15.8. The zero-order valence-corrected chi connectivity index (χ0v) is 18.9. The molecule has 174 valence electrons. The Hall–Kier alpha value is -3.35. The Morgan fingerprint density at radius 1 is 1.09 bits per heavy atom. The summed E-state index contributed by atoms with van der Waals surface area (Å²) in [6.45, 7) is 3.28. The zero-order chi connectivity index (χ0) is 23.6. The van der Waals surface area contributed by atoms with Gasteiger partial charge in [0, 0.05) is 37.8 Å². The van der Waals surface area contributed by atoms with E-state index in [1.807, 2.05) is 37.3 Å². The van der Waals surface area contributed by atoms with Crippen LogP contribution in [0.3, 0.4) is 0 Å². The first-order valence-corrected chi connectivity index (χ1v) is 11.7. The van der Waals surface area contributed by atoms with Crippen molar-refractivity contribution in [1.29, 1.82) is 0 Å². The molecule has 4 rings (SSSR count). The quantitative estimate of drug-likeness (QED) is 0.375. The number of benzene rings is 2. The smallest absolute Gasteiger partial charge is 0.312 e. The molecule has 3 aromatic rings. The molecule has 1 aromatic heterocycles. The second-order valence-electron chi connectivity index (χ2n) is 7.52. The van der Waals surface area contributed by atoms with Crippen LogP contribution in [-0.4, -0.2) is 66.0 Å². The first kappa shape index (κ1) is 22.8. The second-order valence-corrected chi connectivity index (χ2v) is 9.46. The van der Waals surface area contributed by atoms with Crippen molar-refractivity contribution in [2.45, 2.75) is 17.9 Å². The largest absolute Gasteiger partial charge is 0.490 e. The van der Waals surface area contributed by atoms with E-state index in [4.69, 9.17) is 9.15 Å². The predicted molar refractivity (Wildman–Crippen MR) is 118 cm³/mol. The van der Waals surface area contributed by atoms with Gasteiger partial charge in [-0.3, -0.25) is 15.0 Å². The van der Waals surface area contributed by atoms with Crippen LogP contribution in [0.15, 0.2) is 57.8 Å². The predicted octanol–water partition coefficient (Wildman–Crippen LogP) is 2.72. The van der Waals surface area contributed by atoms with Crippen molar-refractivity contribution in [2.75, 3.05) is 33.3 Å². The molecule has 0 saturated carbocycles. The van der Waals surface area contributed by atoms with Gasteiger partial charge in [-0.1, -0.05) is 18.2 Å². The summed E-state index contributed by atoms with van der Waals surface area (Å²) in [4.78, 5) is 12.5. The molecule has 0 amide bonds. The van der Waals surface area contributed by atoms with Crippen molar-refractivity contribution in [3.8, 4) is 17.2 Å². The molecule has 0 aliphatic carbocycles. The molecule has 0 bridgehead atoms. The van der Waals surface area contributed by atoms with Gasteiger partial charge in [0.1, 0.15) is 0 Å². The molecule has 2 aromatic carbocycles. The Bertz CT molecular complexity index is 1240. The Kier molecular flexibility index (Phi) is 6.40. The monoisotopic (exact) mass is 473 g/mol. The van der Waals surface area contributed by atoms with Crippen LogP contribution in [0, 0.1) is 10.1 Å². The van der Waals surface area contributed by atoms with Gasteiger partial charge in [-0.25, -0.2) is 8.42 Å². The van der Waals surface area contributed by atoms with Gasteiger partial charge in [0.25, 0.3) is 0 Å². The number of aromatic nitrogens is 2. The number of ether oxygens (including phenoxy) is 1. The Labute approximate surface area is 190 Å². The minimum atomic E-state index is -3.89. The summed E-state index contributed by atoms with van der Waals surface area (Å²) in [6.07, 6.45) is 0. The molecule has 2 heterocycles. The number of piperazine rings is 1. The van der Waals surface area contributed by atoms with Crippen LogP contribution in [0.4, 0.5) is 5.69 Å². The van der Waals surface area contributed by atoms with Crippen LogP contribution >= 0.6 is 0 Å². The molecule has 1 atom stereocenters. The molecule has 0 spiro atoms. The Morgan fingerprint density at radius 3 is 2.42 bits per heavy atom. The van der Waals surface area contributed by atoms with Crippen LogP contribution in [0.1, 0.15) is 18.9 Å². The second kappa shape index (κ2) is 9.25. The number of sulfonamides is 1. The molecule has 0 N–H and O–H groups in total. The lowest BCUT2D eigenvalue weighted by atomic mass is 10.2. The molecule has 1 aliphatic heterocycles. The fourth-order valence-electron chi connectivity index (χ4n) is 3.71. The number of nitro groups is 1. The van der Waals surface area contributed by atoms with E-state index in [9.17, 15) is 18.5 Å². The number of nitro benzene ring substituents is 1. The molecule has 1 saturated heterocycles. The van der Waals surface area contributed by atoms with Gasteiger partial charge in [0.05, 0.1) is 23.0 Å². The molecular formula is C21H23N5O6S. The number of rotatable bonds is 7. The van der Waals surface area contributed by atoms with E-state index in [1.165, 1.54) is 23.5 Å². The average Bonchev–Trinajstić information content (AvgIpc) is 3.34. The lowest BCUT2D eigenvalue weighted by Gasteiger charge is -2.36. The van der Waals surface area contributed by atoms with Crippen molar-refractivity contribution in [3.05, 3.63) is 64.5 Å². The summed E-state index contributed by atoms with van der Waals surface area (Å²) in [6, 6.07) is 12.9.